The highest BCUT2D eigenvalue weighted by atomic mass is 16.6. The zero-order chi connectivity index (χ0) is 50.0. The lowest BCUT2D eigenvalue weighted by Crippen LogP contribution is -2.30. The molecule has 0 aliphatic rings. The Labute approximate surface area is 423 Å². The highest BCUT2D eigenvalue weighted by molar-refractivity contribution is 5.71. The quantitative estimate of drug-likeness (QED) is 0.0262. The van der Waals surface area contributed by atoms with Crippen molar-refractivity contribution in [2.75, 3.05) is 13.2 Å². The molecule has 69 heavy (non-hydrogen) atoms. The summed E-state index contributed by atoms with van der Waals surface area (Å²) in [5.41, 5.74) is 0. The molecule has 0 saturated heterocycles. The van der Waals surface area contributed by atoms with Gasteiger partial charge in [0.2, 0.25) is 0 Å². The molecule has 6 heteroatoms. The van der Waals surface area contributed by atoms with E-state index < -0.39 is 6.10 Å². The number of carbonyl (C=O) groups excluding carboxylic acids is 3. The van der Waals surface area contributed by atoms with Gasteiger partial charge in [-0.2, -0.15) is 0 Å². The monoisotopic (exact) mass is 951 g/mol. The molecular weight excluding hydrogens is 853 g/mol. The smallest absolute Gasteiger partial charge is 0.306 e. The number of unbranched alkanes of at least 4 members (excludes halogenated alkanes) is 12. The first kappa shape index (κ1) is 64.3. The first-order chi connectivity index (χ1) is 34.0. The average Bonchev–Trinajstić information content (AvgIpc) is 3.35. The van der Waals surface area contributed by atoms with E-state index in [2.05, 4.69) is 167 Å². The lowest BCUT2D eigenvalue weighted by atomic mass is 10.1. The first-order valence-electron chi connectivity index (χ1n) is 27.3. The van der Waals surface area contributed by atoms with Crippen LogP contribution in [0, 0.1) is 0 Å². The van der Waals surface area contributed by atoms with Crippen LogP contribution in [0.2, 0.25) is 0 Å². The maximum atomic E-state index is 12.8. The lowest BCUT2D eigenvalue weighted by molar-refractivity contribution is -0.167. The van der Waals surface area contributed by atoms with Gasteiger partial charge in [0.1, 0.15) is 13.2 Å². The van der Waals surface area contributed by atoms with E-state index in [1.165, 1.54) is 6.42 Å². The molecule has 0 aliphatic carbocycles. The van der Waals surface area contributed by atoms with Crippen LogP contribution in [0.15, 0.2) is 146 Å². The summed E-state index contributed by atoms with van der Waals surface area (Å²) < 4.78 is 16.8. The van der Waals surface area contributed by atoms with E-state index in [1.54, 1.807) is 0 Å². The van der Waals surface area contributed by atoms with E-state index in [4.69, 9.17) is 14.2 Å². The largest absolute Gasteiger partial charge is 0.462 e. The Bertz CT molecular complexity index is 1560. The van der Waals surface area contributed by atoms with Gasteiger partial charge in [0, 0.05) is 19.3 Å². The van der Waals surface area contributed by atoms with Crippen molar-refractivity contribution < 1.29 is 28.6 Å². The molecule has 0 amide bonds. The van der Waals surface area contributed by atoms with Crippen molar-refractivity contribution >= 4 is 17.9 Å². The van der Waals surface area contributed by atoms with E-state index in [9.17, 15) is 14.4 Å². The van der Waals surface area contributed by atoms with Gasteiger partial charge in [-0.05, 0) is 135 Å². The van der Waals surface area contributed by atoms with Crippen LogP contribution in [0.25, 0.3) is 0 Å². The van der Waals surface area contributed by atoms with Crippen LogP contribution in [0.3, 0.4) is 0 Å². The standard InChI is InChI=1S/C63H98O6/c1-4-7-10-13-16-19-22-25-27-28-29-30-31-32-33-34-36-38-41-44-47-50-53-56-62(65)68-59-60(58-67-61(64)55-52-49-46-43-40-37-24-21-18-15-12-9-6-3)69-63(66)57-54-51-48-45-42-39-35-26-23-20-17-14-11-8-5-2/h7-8,10-12,15-17,19-21,24-27,29-30,32-33,35-36,38,42,45,60H,4-6,9,13-14,18,22-23,28,31,34,37,39-41,43-44,46-59H2,1-3H3/b10-7-,11-8-,15-12-,19-16-,20-17-,24-21-,27-25-,30-29-,33-32-,35-26-,38-36-,45-42-. The summed E-state index contributed by atoms with van der Waals surface area (Å²) in [6.45, 7) is 6.25. The van der Waals surface area contributed by atoms with Gasteiger partial charge in [-0.1, -0.05) is 205 Å². The zero-order valence-corrected chi connectivity index (χ0v) is 44.0. The minimum absolute atomic E-state index is 0.117. The molecule has 0 spiro atoms. The third-order valence-electron chi connectivity index (χ3n) is 10.8. The van der Waals surface area contributed by atoms with Gasteiger partial charge in [0.15, 0.2) is 6.10 Å². The predicted molar refractivity (Wildman–Crippen MR) is 297 cm³/mol. The Balaban J connectivity index is 4.51. The molecule has 1 unspecified atom stereocenters. The summed E-state index contributed by atoms with van der Waals surface area (Å²) in [6, 6.07) is 0. The van der Waals surface area contributed by atoms with Gasteiger partial charge >= 0.3 is 17.9 Å². The van der Waals surface area contributed by atoms with Crippen molar-refractivity contribution in [2.45, 2.75) is 219 Å². The molecule has 6 nitrogen and oxygen atoms in total. The highest BCUT2D eigenvalue weighted by Gasteiger charge is 2.19. The van der Waals surface area contributed by atoms with Gasteiger partial charge in [-0.15, -0.1) is 0 Å². The fourth-order valence-corrected chi connectivity index (χ4v) is 6.77. The third-order valence-corrected chi connectivity index (χ3v) is 10.8. The lowest BCUT2D eigenvalue weighted by Gasteiger charge is -2.18. The second-order valence-corrected chi connectivity index (χ2v) is 17.4. The number of allylic oxidation sites excluding steroid dienone is 24. The molecule has 1 atom stereocenters. The maximum Gasteiger partial charge on any atom is 0.306 e. The summed E-state index contributed by atoms with van der Waals surface area (Å²) in [4.78, 5) is 38.1. The van der Waals surface area contributed by atoms with Crippen LogP contribution in [-0.2, 0) is 28.6 Å². The summed E-state index contributed by atoms with van der Waals surface area (Å²) in [5.74, 6) is -1.01. The van der Waals surface area contributed by atoms with Crippen LogP contribution < -0.4 is 0 Å². The molecule has 0 aliphatic heterocycles. The molecule has 0 aromatic rings. The van der Waals surface area contributed by atoms with Crippen molar-refractivity contribution in [1.29, 1.82) is 0 Å². The average molecular weight is 951 g/mol. The fourth-order valence-electron chi connectivity index (χ4n) is 6.77. The van der Waals surface area contributed by atoms with Crippen LogP contribution in [0.5, 0.6) is 0 Å². The van der Waals surface area contributed by atoms with Gasteiger partial charge in [0.25, 0.3) is 0 Å². The van der Waals surface area contributed by atoms with Gasteiger partial charge in [0.05, 0.1) is 0 Å². The minimum Gasteiger partial charge on any atom is -0.462 e. The Morgan fingerprint density at radius 2 is 0.565 bits per heavy atom. The van der Waals surface area contributed by atoms with Crippen molar-refractivity contribution in [3.63, 3.8) is 0 Å². The summed E-state index contributed by atoms with van der Waals surface area (Å²) in [6.07, 6.45) is 79.8. The Kier molecular flexibility index (Phi) is 52.1. The van der Waals surface area contributed by atoms with Crippen LogP contribution >= 0.6 is 0 Å². The molecule has 0 fully saturated rings. The molecule has 0 radical (unpaired) electrons. The molecule has 0 rings (SSSR count). The van der Waals surface area contributed by atoms with Crippen LogP contribution in [-0.4, -0.2) is 37.2 Å². The molecule has 0 bridgehead atoms. The first-order valence-corrected chi connectivity index (χ1v) is 27.3. The van der Waals surface area contributed by atoms with E-state index in [-0.39, 0.29) is 37.5 Å². The molecule has 0 N–H and O–H groups in total. The number of carbonyl (C=O) groups is 3. The van der Waals surface area contributed by atoms with Crippen molar-refractivity contribution in [1.82, 2.24) is 0 Å². The summed E-state index contributed by atoms with van der Waals surface area (Å²) in [5, 5.41) is 0. The molecule has 0 aromatic heterocycles. The summed E-state index contributed by atoms with van der Waals surface area (Å²) in [7, 11) is 0. The van der Waals surface area contributed by atoms with E-state index in [1.807, 2.05) is 0 Å². The fraction of sp³-hybridized carbons (Fsp3) is 0.571. The molecule has 386 valence electrons. The number of ether oxygens (including phenoxy) is 3. The minimum atomic E-state index is -0.823. The van der Waals surface area contributed by atoms with Gasteiger partial charge in [-0.3, -0.25) is 14.4 Å². The normalized spacial score (nSPS) is 13.3. The number of rotatable bonds is 47. The topological polar surface area (TPSA) is 78.9 Å². The number of esters is 3. The second-order valence-electron chi connectivity index (χ2n) is 17.4. The molecule has 0 heterocycles. The maximum absolute atomic E-state index is 12.8. The highest BCUT2D eigenvalue weighted by Crippen LogP contribution is 2.12. The van der Waals surface area contributed by atoms with Crippen molar-refractivity contribution in [3.8, 4) is 0 Å². The zero-order valence-electron chi connectivity index (χ0n) is 44.0. The molecule has 0 saturated carbocycles. The summed E-state index contributed by atoms with van der Waals surface area (Å²) >= 11 is 0. The Hall–Kier alpha value is -4.71. The van der Waals surface area contributed by atoms with E-state index >= 15 is 0 Å². The predicted octanol–water partition coefficient (Wildman–Crippen LogP) is 18.4. The third kappa shape index (κ3) is 54.1. The second kappa shape index (κ2) is 55.9. The van der Waals surface area contributed by atoms with Gasteiger partial charge < -0.3 is 14.2 Å². The Morgan fingerprint density at radius 1 is 0.304 bits per heavy atom. The van der Waals surface area contributed by atoms with Crippen LogP contribution in [0.1, 0.15) is 213 Å². The van der Waals surface area contributed by atoms with Crippen molar-refractivity contribution in [3.05, 3.63) is 146 Å². The van der Waals surface area contributed by atoms with Crippen molar-refractivity contribution in [2.24, 2.45) is 0 Å². The molecule has 0 aromatic carbocycles. The number of hydrogen-bond acceptors (Lipinski definition) is 6. The van der Waals surface area contributed by atoms with E-state index in [0.717, 1.165) is 161 Å². The number of hydrogen-bond donors (Lipinski definition) is 0. The Morgan fingerprint density at radius 3 is 0.913 bits per heavy atom. The SMILES string of the molecule is CC/C=C\C/C=C\C/C=C\C/C=C\C/C=C\C/C=C\CCCCCCC(=O)OCC(COC(=O)CCCCCCC/C=C\C/C=C\CCC)OC(=O)CCCC/C=C\C/C=C\C/C=C\C/C=C\CC. The van der Waals surface area contributed by atoms with Gasteiger partial charge in [-0.25, -0.2) is 0 Å². The molecular formula is C63H98O6. The van der Waals surface area contributed by atoms with Crippen LogP contribution in [0.4, 0.5) is 0 Å². The van der Waals surface area contributed by atoms with E-state index in [0.29, 0.717) is 19.3 Å².